The second-order valence-corrected chi connectivity index (χ2v) is 10.3. The summed E-state index contributed by atoms with van der Waals surface area (Å²) in [6.07, 6.45) is 11.3. The van der Waals surface area contributed by atoms with Crippen molar-refractivity contribution < 1.29 is 33.5 Å². The molecule has 1 saturated heterocycles. The number of carbonyl (C=O) groups excluding carboxylic acids is 1. The number of anilines is 4. The summed E-state index contributed by atoms with van der Waals surface area (Å²) < 4.78 is 23.3. The maximum atomic E-state index is 14.2. The predicted molar refractivity (Wildman–Crippen MR) is 158 cm³/mol. The number of rotatable bonds is 11. The molecule has 1 aromatic heterocycles. The molecule has 12 nitrogen and oxygen atoms in total. The molecular formula is C29H43FN7O5+. The highest BCUT2D eigenvalue weighted by atomic mass is 19.1. The van der Waals surface area contributed by atoms with Crippen LogP contribution in [-0.4, -0.2) is 77.9 Å². The van der Waals surface area contributed by atoms with Gasteiger partial charge in [-0.25, -0.2) is 14.0 Å². The lowest BCUT2D eigenvalue weighted by Gasteiger charge is -2.21. The number of nitrogens with zero attached hydrogens (tertiary/aromatic N) is 3. The van der Waals surface area contributed by atoms with E-state index in [2.05, 4.69) is 42.6 Å². The highest BCUT2D eigenvalue weighted by Crippen LogP contribution is 2.24. The normalized spacial score (nSPS) is 18.9. The van der Waals surface area contributed by atoms with Crippen LogP contribution in [0.2, 0.25) is 0 Å². The molecule has 4 rings (SSSR count). The number of hydrogen-bond donors (Lipinski definition) is 5. The van der Waals surface area contributed by atoms with Gasteiger partial charge in [0.25, 0.3) is 0 Å². The number of aliphatic carboxylic acids is 1. The van der Waals surface area contributed by atoms with E-state index in [0.29, 0.717) is 41.7 Å². The zero-order valence-electron chi connectivity index (χ0n) is 24.6. The van der Waals surface area contributed by atoms with Gasteiger partial charge in [0.05, 0.1) is 33.9 Å². The molecule has 1 saturated carbocycles. The summed E-state index contributed by atoms with van der Waals surface area (Å²) in [7, 11) is 2.63. The standard InChI is InChI=1S/C24H36FN7O.C5H6O4/c1-3-32-14-8-11-19(32)16-26-22-29-23(27-17-9-6-4-5-7-10-17)31-24(30-22)28-18-12-13-21(33-2)20(25)15-18;1-9-5(8)3-2-4(6)7/h12-13,15,17,19H,3-11,14,16H2,1-2H3,(H3,26,27,28,29,30,31);2-3H,1H3,(H,6,7)/p+1/b;3-2+. The minimum Gasteiger partial charge on any atom is -0.494 e. The molecule has 230 valence electrons. The Labute approximate surface area is 246 Å². The van der Waals surface area contributed by atoms with Crippen LogP contribution >= 0.6 is 0 Å². The Hall–Kier alpha value is -4.00. The van der Waals surface area contributed by atoms with Gasteiger partial charge >= 0.3 is 11.9 Å². The van der Waals surface area contributed by atoms with Crippen LogP contribution in [0.3, 0.4) is 0 Å². The van der Waals surface area contributed by atoms with Crippen LogP contribution in [0.15, 0.2) is 30.4 Å². The van der Waals surface area contributed by atoms with E-state index >= 15 is 0 Å². The van der Waals surface area contributed by atoms with Crippen LogP contribution in [0.5, 0.6) is 5.75 Å². The van der Waals surface area contributed by atoms with E-state index in [9.17, 15) is 14.0 Å². The molecule has 2 atom stereocenters. The van der Waals surface area contributed by atoms with Gasteiger partial charge in [0.15, 0.2) is 11.6 Å². The number of likely N-dealkylation sites (tertiary alicyclic amines) is 1. The number of halogens is 1. The highest BCUT2D eigenvalue weighted by molar-refractivity contribution is 5.90. The number of quaternary nitrogens is 1. The maximum Gasteiger partial charge on any atom is 0.330 e. The second-order valence-electron chi connectivity index (χ2n) is 10.3. The number of benzene rings is 1. The van der Waals surface area contributed by atoms with Gasteiger partial charge in [-0.15, -0.1) is 0 Å². The van der Waals surface area contributed by atoms with Gasteiger partial charge in [-0.05, 0) is 31.9 Å². The van der Waals surface area contributed by atoms with E-state index in [1.807, 2.05) is 0 Å². The summed E-state index contributed by atoms with van der Waals surface area (Å²) in [6.45, 7) is 5.42. The van der Waals surface area contributed by atoms with Crippen LogP contribution in [0.1, 0.15) is 58.3 Å². The van der Waals surface area contributed by atoms with Crippen molar-refractivity contribution >= 4 is 35.5 Å². The minimum absolute atomic E-state index is 0.203. The Balaban J connectivity index is 0.000000467. The fourth-order valence-electron chi connectivity index (χ4n) is 5.17. The number of aromatic nitrogens is 3. The number of ether oxygens (including phenoxy) is 2. The first-order chi connectivity index (χ1) is 20.3. The minimum atomic E-state index is -1.17. The van der Waals surface area contributed by atoms with E-state index < -0.39 is 17.8 Å². The smallest absolute Gasteiger partial charge is 0.330 e. The Bertz CT molecular complexity index is 1190. The molecule has 0 spiro atoms. The molecule has 1 aromatic carbocycles. The van der Waals surface area contributed by atoms with Crippen LogP contribution in [-0.2, 0) is 14.3 Å². The van der Waals surface area contributed by atoms with Crippen molar-refractivity contribution in [3.63, 3.8) is 0 Å². The number of carbonyl (C=O) groups is 2. The lowest BCUT2D eigenvalue weighted by Crippen LogP contribution is -3.14. The molecule has 2 aliphatic rings. The quantitative estimate of drug-likeness (QED) is 0.150. The van der Waals surface area contributed by atoms with Crippen molar-refractivity contribution in [3.05, 3.63) is 36.2 Å². The van der Waals surface area contributed by atoms with Crippen molar-refractivity contribution in [2.45, 2.75) is 70.4 Å². The summed E-state index contributed by atoms with van der Waals surface area (Å²) >= 11 is 0. The molecule has 0 bridgehead atoms. The average Bonchev–Trinajstić information content (AvgIpc) is 3.29. The fraction of sp³-hybridized carbons (Fsp3) is 0.552. The van der Waals surface area contributed by atoms with Gasteiger partial charge in [-0.1, -0.05) is 25.7 Å². The van der Waals surface area contributed by atoms with Crippen LogP contribution in [0.25, 0.3) is 0 Å². The lowest BCUT2D eigenvalue weighted by molar-refractivity contribution is -0.908. The number of likely N-dealkylation sites (N-methyl/N-ethyl adjacent to an activating group) is 1. The number of nitrogens with one attached hydrogen (secondary N) is 4. The molecule has 5 N–H and O–H groups in total. The Morgan fingerprint density at radius 3 is 2.38 bits per heavy atom. The van der Waals surface area contributed by atoms with Gasteiger partial charge in [0.2, 0.25) is 17.8 Å². The summed E-state index contributed by atoms with van der Waals surface area (Å²) in [4.78, 5) is 35.3. The van der Waals surface area contributed by atoms with Crippen molar-refractivity contribution in [2.75, 3.05) is 49.8 Å². The van der Waals surface area contributed by atoms with E-state index in [1.165, 1.54) is 65.4 Å². The van der Waals surface area contributed by atoms with E-state index in [4.69, 9.17) is 9.84 Å². The summed E-state index contributed by atoms with van der Waals surface area (Å²) in [6, 6.07) is 5.65. The van der Waals surface area contributed by atoms with Crippen LogP contribution < -0.4 is 25.6 Å². The zero-order valence-corrected chi connectivity index (χ0v) is 24.6. The molecule has 2 heterocycles. The van der Waals surface area contributed by atoms with Crippen molar-refractivity contribution in [2.24, 2.45) is 0 Å². The largest absolute Gasteiger partial charge is 0.494 e. The fourth-order valence-corrected chi connectivity index (χ4v) is 5.17. The Morgan fingerprint density at radius 2 is 1.74 bits per heavy atom. The Kier molecular flexibility index (Phi) is 13.2. The number of hydrogen-bond acceptors (Lipinski definition) is 10. The van der Waals surface area contributed by atoms with Crippen molar-refractivity contribution in [1.29, 1.82) is 0 Å². The van der Waals surface area contributed by atoms with Crippen molar-refractivity contribution in [3.8, 4) is 5.75 Å². The first-order valence-electron chi connectivity index (χ1n) is 14.5. The molecule has 13 heteroatoms. The molecule has 1 aliphatic heterocycles. The third-order valence-electron chi connectivity index (χ3n) is 7.38. The molecular weight excluding hydrogens is 545 g/mol. The van der Waals surface area contributed by atoms with Gasteiger partial charge in [-0.2, -0.15) is 15.0 Å². The Morgan fingerprint density at radius 1 is 1.02 bits per heavy atom. The highest BCUT2D eigenvalue weighted by Gasteiger charge is 2.27. The number of esters is 1. The molecule has 0 amide bonds. The molecule has 2 aromatic rings. The van der Waals surface area contributed by atoms with Gasteiger partial charge in [-0.3, -0.25) is 0 Å². The summed E-state index contributed by atoms with van der Waals surface area (Å²) in [5, 5.41) is 18.1. The SMILES string of the molecule is CC[NH+]1CCCC1CNc1nc(Nc2ccc(OC)c(F)c2)nc(NC2CCCCCC2)n1.COC(=O)/C=C/C(=O)O. The number of carboxylic acids is 1. The number of carboxylic acid groups (broad SMARTS) is 1. The van der Waals surface area contributed by atoms with Gasteiger partial charge in [0, 0.05) is 42.8 Å². The second kappa shape index (κ2) is 17.1. The van der Waals surface area contributed by atoms with E-state index in [-0.39, 0.29) is 5.75 Å². The van der Waals surface area contributed by atoms with Crippen LogP contribution in [0, 0.1) is 5.82 Å². The van der Waals surface area contributed by atoms with Crippen molar-refractivity contribution in [1.82, 2.24) is 15.0 Å². The van der Waals surface area contributed by atoms with Gasteiger partial charge < -0.3 is 35.4 Å². The molecule has 0 radical (unpaired) electrons. The number of methoxy groups -OCH3 is 2. The van der Waals surface area contributed by atoms with E-state index in [1.54, 1.807) is 17.0 Å². The maximum absolute atomic E-state index is 14.2. The molecule has 1 aliphatic carbocycles. The molecule has 2 fully saturated rings. The first kappa shape index (κ1) is 32.5. The topological polar surface area (TPSA) is 152 Å². The van der Waals surface area contributed by atoms with Gasteiger partial charge in [0.1, 0.15) is 6.04 Å². The summed E-state index contributed by atoms with van der Waals surface area (Å²) in [5.41, 5.74) is 0.559. The third kappa shape index (κ3) is 10.8. The first-order valence-corrected chi connectivity index (χ1v) is 14.5. The average molecular weight is 589 g/mol. The molecule has 2 unspecified atom stereocenters. The lowest BCUT2D eigenvalue weighted by atomic mass is 10.1. The van der Waals surface area contributed by atoms with Crippen LogP contribution in [0.4, 0.5) is 27.9 Å². The summed E-state index contributed by atoms with van der Waals surface area (Å²) in [5.74, 6) is -0.580. The van der Waals surface area contributed by atoms with E-state index in [0.717, 1.165) is 32.0 Å². The third-order valence-corrected chi connectivity index (χ3v) is 7.38. The predicted octanol–water partition coefficient (Wildman–Crippen LogP) is 3.18. The zero-order chi connectivity index (χ0) is 30.3. The monoisotopic (exact) mass is 588 g/mol. The molecule has 42 heavy (non-hydrogen) atoms.